The lowest BCUT2D eigenvalue weighted by molar-refractivity contribution is -0.329. The van der Waals surface area contributed by atoms with E-state index in [2.05, 4.69) is 13.8 Å². The molecule has 166 valence electrons. The Balaban J connectivity index is 2.64. The van der Waals surface area contributed by atoms with Gasteiger partial charge >= 0.3 is 17.9 Å². The van der Waals surface area contributed by atoms with E-state index in [1.54, 1.807) is 0 Å². The molecule has 2 rings (SSSR count). The second-order valence-electron chi connectivity index (χ2n) is 9.49. The highest BCUT2D eigenvalue weighted by atomic mass is 16.6. The molecule has 2 aliphatic rings. The normalized spacial score (nSPS) is 38.5. The maximum atomic E-state index is 12.0. The molecule has 0 aliphatic heterocycles. The van der Waals surface area contributed by atoms with E-state index in [1.165, 1.54) is 20.8 Å². The largest absolute Gasteiger partial charge is 0.463 e. The minimum atomic E-state index is -2.14. The Hall–Kier alpha value is -1.67. The third-order valence-corrected chi connectivity index (χ3v) is 7.16. The van der Waals surface area contributed by atoms with E-state index < -0.39 is 53.8 Å². The molecule has 0 unspecified atom stereocenters. The average Bonchev–Trinajstić information content (AvgIpc) is 2.58. The molecule has 0 radical (unpaired) electrons. The number of ether oxygens (including phenoxy) is 3. The standard InChI is InChI=1S/C21H34O8/c1-13(22)27-11-20(25)17(29-15(3)24)10-16-18(4,5)8-7-9-19(16,6)21(20,26)12-28-14(2)23/h16-17,25-26H,7-12H2,1-6H3/t16-,17-,19-,20-,21-/m0/s1. The topological polar surface area (TPSA) is 119 Å². The fraction of sp³-hybridized carbons (Fsp3) is 0.857. The van der Waals surface area contributed by atoms with Crippen LogP contribution < -0.4 is 0 Å². The number of carbonyl (C=O) groups is 3. The molecule has 0 aromatic heterocycles. The summed E-state index contributed by atoms with van der Waals surface area (Å²) in [5.74, 6) is -2.02. The zero-order chi connectivity index (χ0) is 22.3. The van der Waals surface area contributed by atoms with Gasteiger partial charge in [0.25, 0.3) is 0 Å². The van der Waals surface area contributed by atoms with Gasteiger partial charge in [0.05, 0.1) is 0 Å². The molecule has 0 aromatic carbocycles. The summed E-state index contributed by atoms with van der Waals surface area (Å²) in [4.78, 5) is 34.9. The molecule has 0 aromatic rings. The minimum Gasteiger partial charge on any atom is -0.463 e. The van der Waals surface area contributed by atoms with Crippen LogP contribution in [0, 0.1) is 16.7 Å². The maximum Gasteiger partial charge on any atom is 0.303 e. The molecule has 8 nitrogen and oxygen atoms in total. The van der Waals surface area contributed by atoms with Gasteiger partial charge in [0.15, 0.2) is 5.60 Å². The summed E-state index contributed by atoms with van der Waals surface area (Å²) in [5.41, 5.74) is -5.21. The third kappa shape index (κ3) is 4.01. The SMILES string of the molecule is CC(=O)OC[C@]1(O)[C@@]2(C)CCCC(C)(C)[C@@H]2C[C@H](OC(C)=O)[C@@]1(O)COC(C)=O. The highest BCUT2D eigenvalue weighted by Gasteiger charge is 2.73. The average molecular weight is 414 g/mol. The maximum absolute atomic E-state index is 12.0. The molecule has 0 bridgehead atoms. The van der Waals surface area contributed by atoms with Crippen LogP contribution in [0.15, 0.2) is 0 Å². The van der Waals surface area contributed by atoms with Gasteiger partial charge in [0.1, 0.15) is 24.9 Å². The summed E-state index contributed by atoms with van der Waals surface area (Å²) in [5, 5.41) is 23.8. The summed E-state index contributed by atoms with van der Waals surface area (Å²) in [6.45, 7) is 8.58. The van der Waals surface area contributed by atoms with Crippen molar-refractivity contribution in [3.63, 3.8) is 0 Å². The van der Waals surface area contributed by atoms with E-state index >= 15 is 0 Å². The predicted octanol–water partition coefficient (Wildman–Crippen LogP) is 1.74. The van der Waals surface area contributed by atoms with Crippen LogP contribution in [0.1, 0.15) is 67.2 Å². The lowest BCUT2D eigenvalue weighted by Crippen LogP contribution is -2.79. The van der Waals surface area contributed by atoms with E-state index in [9.17, 15) is 24.6 Å². The van der Waals surface area contributed by atoms with Gasteiger partial charge in [-0.1, -0.05) is 27.2 Å². The lowest BCUT2D eigenvalue weighted by Gasteiger charge is -2.66. The van der Waals surface area contributed by atoms with Crippen LogP contribution in [0.2, 0.25) is 0 Å². The van der Waals surface area contributed by atoms with Crippen LogP contribution in [0.4, 0.5) is 0 Å². The first-order valence-corrected chi connectivity index (χ1v) is 10.1. The van der Waals surface area contributed by atoms with Crippen molar-refractivity contribution in [2.45, 2.75) is 84.5 Å². The first-order valence-electron chi connectivity index (χ1n) is 10.1. The summed E-state index contributed by atoms with van der Waals surface area (Å²) in [6, 6.07) is 0. The van der Waals surface area contributed by atoms with Crippen LogP contribution >= 0.6 is 0 Å². The molecule has 0 amide bonds. The highest BCUT2D eigenvalue weighted by molar-refractivity contribution is 5.67. The molecule has 0 heterocycles. The van der Waals surface area contributed by atoms with Gasteiger partial charge in [-0.15, -0.1) is 0 Å². The Kier molecular flexibility index (Phi) is 6.41. The molecule has 5 atom stereocenters. The summed E-state index contributed by atoms with van der Waals surface area (Å²) >= 11 is 0. The molecule has 2 fully saturated rings. The molecular formula is C21H34O8. The van der Waals surface area contributed by atoms with Crippen LogP contribution in [-0.2, 0) is 28.6 Å². The second-order valence-corrected chi connectivity index (χ2v) is 9.49. The highest BCUT2D eigenvalue weighted by Crippen LogP contribution is 2.64. The number of rotatable bonds is 5. The Morgan fingerprint density at radius 1 is 0.897 bits per heavy atom. The van der Waals surface area contributed by atoms with E-state index in [0.717, 1.165) is 12.8 Å². The smallest absolute Gasteiger partial charge is 0.303 e. The second kappa shape index (κ2) is 7.87. The number of esters is 3. The molecule has 8 heteroatoms. The van der Waals surface area contributed by atoms with E-state index in [-0.39, 0.29) is 11.3 Å². The third-order valence-electron chi connectivity index (χ3n) is 7.16. The Labute approximate surface area is 171 Å². The Bertz CT molecular complexity index is 674. The first-order chi connectivity index (χ1) is 13.2. The molecule has 0 spiro atoms. The number of fused-ring (bicyclic) bond motifs is 1. The minimum absolute atomic E-state index is 0.133. The van der Waals surface area contributed by atoms with Crippen molar-refractivity contribution in [2.24, 2.45) is 16.7 Å². The van der Waals surface area contributed by atoms with Crippen molar-refractivity contribution in [3.05, 3.63) is 0 Å². The molecular weight excluding hydrogens is 380 g/mol. The number of aliphatic hydroxyl groups is 2. The van der Waals surface area contributed by atoms with Crippen molar-refractivity contribution < 1.29 is 38.8 Å². The number of hydrogen-bond acceptors (Lipinski definition) is 8. The van der Waals surface area contributed by atoms with Gasteiger partial charge in [0.2, 0.25) is 0 Å². The van der Waals surface area contributed by atoms with Crippen LogP contribution in [0.3, 0.4) is 0 Å². The van der Waals surface area contributed by atoms with Crippen molar-refractivity contribution in [2.75, 3.05) is 13.2 Å². The van der Waals surface area contributed by atoms with Crippen LogP contribution in [-0.4, -0.2) is 58.6 Å². The molecule has 2 saturated carbocycles. The van der Waals surface area contributed by atoms with E-state index in [4.69, 9.17) is 14.2 Å². The Morgan fingerprint density at radius 3 is 1.97 bits per heavy atom. The van der Waals surface area contributed by atoms with Crippen LogP contribution in [0.25, 0.3) is 0 Å². The molecule has 29 heavy (non-hydrogen) atoms. The van der Waals surface area contributed by atoms with Gasteiger partial charge in [-0.3, -0.25) is 14.4 Å². The summed E-state index contributed by atoms with van der Waals surface area (Å²) in [6.07, 6.45) is 1.46. The van der Waals surface area contributed by atoms with Crippen molar-refractivity contribution >= 4 is 17.9 Å². The number of hydrogen-bond donors (Lipinski definition) is 2. The van der Waals surface area contributed by atoms with Crippen LogP contribution in [0.5, 0.6) is 0 Å². The molecule has 2 N–H and O–H groups in total. The van der Waals surface area contributed by atoms with E-state index in [1.807, 2.05) is 6.92 Å². The Morgan fingerprint density at radius 2 is 1.45 bits per heavy atom. The predicted molar refractivity (Wildman–Crippen MR) is 103 cm³/mol. The zero-order valence-corrected chi connectivity index (χ0v) is 18.2. The van der Waals surface area contributed by atoms with Gasteiger partial charge in [-0.05, 0) is 30.6 Å². The fourth-order valence-electron chi connectivity index (χ4n) is 5.63. The lowest BCUT2D eigenvalue weighted by atomic mass is 9.43. The van der Waals surface area contributed by atoms with Gasteiger partial charge in [-0.25, -0.2) is 0 Å². The molecule has 0 saturated heterocycles. The van der Waals surface area contributed by atoms with E-state index in [0.29, 0.717) is 12.8 Å². The van der Waals surface area contributed by atoms with Gasteiger partial charge in [-0.2, -0.15) is 0 Å². The summed E-state index contributed by atoms with van der Waals surface area (Å²) in [7, 11) is 0. The quantitative estimate of drug-likeness (QED) is 0.516. The fourth-order valence-corrected chi connectivity index (χ4v) is 5.63. The first kappa shape index (κ1) is 23.6. The zero-order valence-electron chi connectivity index (χ0n) is 18.2. The number of carbonyl (C=O) groups excluding carboxylic acids is 3. The molecule has 2 aliphatic carbocycles. The monoisotopic (exact) mass is 414 g/mol. The summed E-state index contributed by atoms with van der Waals surface area (Å²) < 4.78 is 15.7. The van der Waals surface area contributed by atoms with Crippen molar-refractivity contribution in [3.8, 4) is 0 Å². The van der Waals surface area contributed by atoms with Crippen molar-refractivity contribution in [1.82, 2.24) is 0 Å². The van der Waals surface area contributed by atoms with Gasteiger partial charge < -0.3 is 24.4 Å². The van der Waals surface area contributed by atoms with Crippen molar-refractivity contribution in [1.29, 1.82) is 0 Å². The van der Waals surface area contributed by atoms with Gasteiger partial charge in [0, 0.05) is 26.2 Å².